The molecule has 0 bridgehead atoms. The molecule has 0 aliphatic carbocycles. The van der Waals surface area contributed by atoms with Gasteiger partial charge in [0.25, 0.3) is 0 Å². The third-order valence-electron chi connectivity index (χ3n) is 5.53. The summed E-state index contributed by atoms with van der Waals surface area (Å²) in [6.45, 7) is 0.827. The van der Waals surface area contributed by atoms with Gasteiger partial charge in [0.15, 0.2) is 0 Å². The number of hydrogen-bond donors (Lipinski definition) is 1. The predicted molar refractivity (Wildman–Crippen MR) is 111 cm³/mol. The maximum Gasteiger partial charge on any atom is 0.416 e. The molecule has 33 heavy (non-hydrogen) atoms. The van der Waals surface area contributed by atoms with Crippen LogP contribution in [0.15, 0.2) is 42.5 Å². The maximum atomic E-state index is 13.2. The van der Waals surface area contributed by atoms with Gasteiger partial charge in [0.05, 0.1) is 17.2 Å². The smallest absolute Gasteiger partial charge is 0.322 e. The molecule has 2 atom stereocenters. The molecule has 1 saturated heterocycles. The fourth-order valence-corrected chi connectivity index (χ4v) is 3.74. The lowest BCUT2D eigenvalue weighted by Crippen LogP contribution is -2.47. The molecular formula is C21H21ClF7N3O. The molecule has 0 unspecified atom stereocenters. The minimum Gasteiger partial charge on any atom is -0.322 e. The second kappa shape index (κ2) is 9.76. The molecule has 0 radical (unpaired) electrons. The second-order valence-electron chi connectivity index (χ2n) is 7.60. The number of alkyl halides is 6. The Morgan fingerprint density at radius 3 is 1.91 bits per heavy atom. The van der Waals surface area contributed by atoms with E-state index in [2.05, 4.69) is 5.32 Å². The summed E-state index contributed by atoms with van der Waals surface area (Å²) in [6, 6.07) is 5.50. The lowest BCUT2D eigenvalue weighted by molar-refractivity contribution is -0.143. The molecule has 0 spiro atoms. The topological polar surface area (TPSA) is 35.6 Å². The van der Waals surface area contributed by atoms with Gasteiger partial charge < -0.3 is 10.2 Å². The van der Waals surface area contributed by atoms with Crippen LogP contribution in [0.4, 0.5) is 41.2 Å². The Hall–Kier alpha value is -2.53. The van der Waals surface area contributed by atoms with E-state index in [1.54, 1.807) is 12.1 Å². The first kappa shape index (κ1) is 26.7. The molecule has 4 nitrogen and oxygen atoms in total. The SMILES string of the molecule is CN(C(=O)N(C)[C@H]1CNC[C@H]1c1ccc(F)cc1)c1cc(C(F)(F)F)cc(C(F)(F)F)c1.Cl. The lowest BCUT2D eigenvalue weighted by Gasteiger charge is -2.33. The van der Waals surface area contributed by atoms with E-state index >= 15 is 0 Å². The van der Waals surface area contributed by atoms with Gasteiger partial charge in [-0.25, -0.2) is 9.18 Å². The number of likely N-dealkylation sites (N-methyl/N-ethyl adjacent to an activating group) is 1. The Labute approximate surface area is 191 Å². The number of benzene rings is 2. The van der Waals surface area contributed by atoms with E-state index in [0.29, 0.717) is 25.2 Å². The number of carbonyl (C=O) groups is 1. The van der Waals surface area contributed by atoms with Crippen molar-refractivity contribution in [3.05, 3.63) is 65.0 Å². The molecule has 1 fully saturated rings. The van der Waals surface area contributed by atoms with Crippen molar-refractivity contribution in [1.29, 1.82) is 0 Å². The zero-order chi connectivity index (χ0) is 23.8. The van der Waals surface area contributed by atoms with Crippen molar-refractivity contribution in [2.75, 3.05) is 32.1 Å². The summed E-state index contributed by atoms with van der Waals surface area (Å²) >= 11 is 0. The first-order chi connectivity index (χ1) is 14.8. The van der Waals surface area contributed by atoms with Crippen molar-refractivity contribution in [2.45, 2.75) is 24.3 Å². The number of nitrogens with one attached hydrogen (secondary N) is 1. The van der Waals surface area contributed by atoms with Crippen LogP contribution in [0.1, 0.15) is 22.6 Å². The van der Waals surface area contributed by atoms with E-state index in [0.717, 1.165) is 17.5 Å². The van der Waals surface area contributed by atoms with Gasteiger partial charge in [0.1, 0.15) is 5.82 Å². The van der Waals surface area contributed by atoms with E-state index < -0.39 is 47.1 Å². The lowest BCUT2D eigenvalue weighted by atomic mass is 9.93. The van der Waals surface area contributed by atoms with Crippen molar-refractivity contribution in [2.24, 2.45) is 0 Å². The van der Waals surface area contributed by atoms with Crippen molar-refractivity contribution in [3.63, 3.8) is 0 Å². The van der Waals surface area contributed by atoms with Crippen LogP contribution >= 0.6 is 12.4 Å². The second-order valence-corrected chi connectivity index (χ2v) is 7.60. The summed E-state index contributed by atoms with van der Waals surface area (Å²) in [5.41, 5.74) is -2.79. The normalized spacial score (nSPS) is 18.6. The molecule has 1 heterocycles. The van der Waals surface area contributed by atoms with E-state index in [1.165, 1.54) is 24.1 Å². The van der Waals surface area contributed by atoms with Gasteiger partial charge in [-0.1, -0.05) is 12.1 Å². The zero-order valence-electron chi connectivity index (χ0n) is 17.5. The summed E-state index contributed by atoms with van der Waals surface area (Å²) < 4.78 is 92.2. The highest BCUT2D eigenvalue weighted by Crippen LogP contribution is 2.38. The van der Waals surface area contributed by atoms with Crippen LogP contribution in [0, 0.1) is 5.82 Å². The Morgan fingerprint density at radius 1 is 0.909 bits per heavy atom. The molecule has 12 heteroatoms. The van der Waals surface area contributed by atoms with Crippen molar-refractivity contribution >= 4 is 24.1 Å². The Morgan fingerprint density at radius 2 is 1.42 bits per heavy atom. The minimum atomic E-state index is -5.02. The van der Waals surface area contributed by atoms with Crippen molar-refractivity contribution in [1.82, 2.24) is 10.2 Å². The first-order valence-electron chi connectivity index (χ1n) is 9.55. The molecule has 3 rings (SSSR count). The Balaban J connectivity index is 0.00000385. The number of halogens is 8. The number of nitrogens with zero attached hydrogens (tertiary/aromatic N) is 2. The number of hydrogen-bond acceptors (Lipinski definition) is 2. The molecule has 0 aromatic heterocycles. The van der Waals surface area contributed by atoms with E-state index in [9.17, 15) is 35.5 Å². The van der Waals surface area contributed by atoms with Gasteiger partial charge in [-0.15, -0.1) is 12.4 Å². The van der Waals surface area contributed by atoms with Crippen LogP contribution in [-0.2, 0) is 12.4 Å². The van der Waals surface area contributed by atoms with Crippen LogP contribution < -0.4 is 10.2 Å². The molecular weight excluding hydrogens is 479 g/mol. The Bertz CT molecular complexity index is 947. The number of amides is 2. The highest BCUT2D eigenvalue weighted by atomic mass is 35.5. The zero-order valence-corrected chi connectivity index (χ0v) is 18.3. The van der Waals surface area contributed by atoms with Gasteiger partial charge in [0.2, 0.25) is 0 Å². The molecule has 2 aromatic rings. The standard InChI is InChI=1S/C21H20F7N3O.ClH/c1-30(16-8-13(20(23,24)25)7-14(9-16)21(26,27)28)19(32)31(2)18-11-29-10-17(18)12-3-5-15(22)6-4-12;/h3-9,17-18,29H,10-11H2,1-2H3;1H/t17-,18-;/m0./s1. The van der Waals surface area contributed by atoms with E-state index in [4.69, 9.17) is 0 Å². The predicted octanol–water partition coefficient (Wildman–Crippen LogP) is 5.53. The van der Waals surface area contributed by atoms with Gasteiger partial charge in [-0.05, 0) is 35.9 Å². The van der Waals surface area contributed by atoms with Crippen molar-refractivity contribution < 1.29 is 35.5 Å². The third kappa shape index (κ3) is 5.89. The molecule has 1 aliphatic rings. The molecule has 1 N–H and O–H groups in total. The highest BCUT2D eigenvalue weighted by Gasteiger charge is 2.39. The summed E-state index contributed by atoms with van der Waals surface area (Å²) in [4.78, 5) is 15.0. The Kier molecular flexibility index (Phi) is 7.90. The number of anilines is 1. The van der Waals surface area contributed by atoms with E-state index in [1.807, 2.05) is 0 Å². The number of urea groups is 1. The fourth-order valence-electron chi connectivity index (χ4n) is 3.74. The molecule has 1 aliphatic heterocycles. The van der Waals surface area contributed by atoms with E-state index in [-0.39, 0.29) is 24.4 Å². The number of carbonyl (C=O) groups excluding carboxylic acids is 1. The summed E-state index contributed by atoms with van der Waals surface area (Å²) in [5.74, 6) is -0.657. The van der Waals surface area contributed by atoms with Gasteiger partial charge in [-0.2, -0.15) is 26.3 Å². The monoisotopic (exact) mass is 499 g/mol. The fraction of sp³-hybridized carbons (Fsp3) is 0.381. The summed E-state index contributed by atoms with van der Waals surface area (Å²) in [5, 5.41) is 3.10. The quantitative estimate of drug-likeness (QED) is 0.564. The van der Waals surface area contributed by atoms with Crippen LogP contribution in [0.3, 0.4) is 0 Å². The largest absolute Gasteiger partial charge is 0.416 e. The van der Waals surface area contributed by atoms with Crippen LogP contribution in [-0.4, -0.2) is 44.2 Å². The highest BCUT2D eigenvalue weighted by molar-refractivity contribution is 5.92. The van der Waals surface area contributed by atoms with Crippen molar-refractivity contribution in [3.8, 4) is 0 Å². The molecule has 0 saturated carbocycles. The average molecular weight is 500 g/mol. The summed E-state index contributed by atoms with van der Waals surface area (Å²) in [6.07, 6.45) is -10.0. The molecule has 182 valence electrons. The van der Waals surface area contributed by atoms with Gasteiger partial charge >= 0.3 is 18.4 Å². The maximum absolute atomic E-state index is 13.2. The van der Waals surface area contributed by atoms with Crippen LogP contribution in [0.5, 0.6) is 0 Å². The first-order valence-corrected chi connectivity index (χ1v) is 9.55. The average Bonchev–Trinajstić information content (AvgIpc) is 3.21. The number of rotatable bonds is 3. The van der Waals surface area contributed by atoms with Gasteiger partial charge in [-0.3, -0.25) is 4.90 Å². The third-order valence-corrected chi connectivity index (χ3v) is 5.53. The van der Waals surface area contributed by atoms with Crippen LogP contribution in [0.2, 0.25) is 0 Å². The molecule has 2 amide bonds. The minimum absolute atomic E-state index is 0. The molecule has 2 aromatic carbocycles. The van der Waals surface area contributed by atoms with Gasteiger partial charge in [0, 0.05) is 38.8 Å². The van der Waals surface area contributed by atoms with Crippen LogP contribution in [0.25, 0.3) is 0 Å². The summed E-state index contributed by atoms with van der Waals surface area (Å²) in [7, 11) is 2.54.